The summed E-state index contributed by atoms with van der Waals surface area (Å²) in [5.41, 5.74) is -1.55. The summed E-state index contributed by atoms with van der Waals surface area (Å²) in [5.74, 6) is -1.06. The number of phenols is 2. The molecule has 1 saturated carbocycles. The molecule has 4 N–H and O–H groups in total. The van der Waals surface area contributed by atoms with Gasteiger partial charge in [-0.1, -0.05) is 40.2 Å². The maximum absolute atomic E-state index is 12.4. The second-order valence-electron chi connectivity index (χ2n) is 7.57. The molecule has 0 bridgehead atoms. The Labute approximate surface area is 149 Å². The highest BCUT2D eigenvalue weighted by Gasteiger charge is 2.61. The van der Waals surface area contributed by atoms with Crippen LogP contribution in [0.3, 0.4) is 0 Å². The van der Waals surface area contributed by atoms with Crippen LogP contribution in [0.5, 0.6) is 11.5 Å². The van der Waals surface area contributed by atoms with Crippen LogP contribution in [-0.4, -0.2) is 37.9 Å². The molecule has 3 unspecified atom stereocenters. The Morgan fingerprint density at radius 3 is 2.40 bits per heavy atom. The van der Waals surface area contributed by atoms with Crippen molar-refractivity contribution in [3.05, 3.63) is 23.3 Å². The standard InChI is InChI=1S/C20H30O5/c1-5-9-19(17-13(6-2)7-8-15(22)18(17)24)11-14(21)10-16(23)20(19,25)12(3)4/h7-8,12,16,22-25H,5-6,9-11H2,1-4H3. The Morgan fingerprint density at radius 2 is 1.88 bits per heavy atom. The van der Waals surface area contributed by atoms with Crippen molar-refractivity contribution in [3.63, 3.8) is 0 Å². The molecule has 25 heavy (non-hydrogen) atoms. The third-order valence-electron chi connectivity index (χ3n) is 5.85. The van der Waals surface area contributed by atoms with E-state index in [2.05, 4.69) is 0 Å². The second-order valence-corrected chi connectivity index (χ2v) is 7.57. The fourth-order valence-electron chi connectivity index (χ4n) is 4.76. The van der Waals surface area contributed by atoms with Crippen molar-refractivity contribution in [3.8, 4) is 11.5 Å². The van der Waals surface area contributed by atoms with Gasteiger partial charge >= 0.3 is 0 Å². The monoisotopic (exact) mass is 350 g/mol. The molecule has 1 aromatic rings. The molecule has 0 aromatic heterocycles. The maximum Gasteiger partial charge on any atom is 0.161 e. The zero-order valence-corrected chi connectivity index (χ0v) is 15.5. The Bertz CT molecular complexity index is 654. The molecule has 0 saturated heterocycles. The summed E-state index contributed by atoms with van der Waals surface area (Å²) in [4.78, 5) is 12.4. The van der Waals surface area contributed by atoms with Crippen LogP contribution in [0, 0.1) is 5.92 Å². The molecule has 3 atom stereocenters. The van der Waals surface area contributed by atoms with Crippen LogP contribution in [0.2, 0.25) is 0 Å². The molecule has 1 fully saturated rings. The molecular weight excluding hydrogens is 320 g/mol. The SMILES string of the molecule is CCCC1(c2c(CC)ccc(O)c2O)CC(=O)CC(O)C1(O)C(C)C. The van der Waals surface area contributed by atoms with Crippen LogP contribution >= 0.6 is 0 Å². The number of rotatable bonds is 5. The molecule has 5 heteroatoms. The number of hydrogen-bond donors (Lipinski definition) is 4. The first kappa shape index (κ1) is 19.7. The van der Waals surface area contributed by atoms with Gasteiger partial charge in [0.15, 0.2) is 11.5 Å². The van der Waals surface area contributed by atoms with Gasteiger partial charge in [0.05, 0.1) is 6.10 Å². The van der Waals surface area contributed by atoms with Crippen LogP contribution in [-0.2, 0) is 16.6 Å². The van der Waals surface area contributed by atoms with Gasteiger partial charge in [-0.2, -0.15) is 0 Å². The van der Waals surface area contributed by atoms with Crippen LogP contribution in [0.1, 0.15) is 64.5 Å². The predicted molar refractivity (Wildman–Crippen MR) is 95.8 cm³/mol. The number of benzene rings is 1. The van der Waals surface area contributed by atoms with E-state index in [1.54, 1.807) is 6.07 Å². The fraction of sp³-hybridized carbons (Fsp3) is 0.650. The van der Waals surface area contributed by atoms with Crippen LogP contribution in [0.4, 0.5) is 0 Å². The quantitative estimate of drug-likeness (QED) is 0.612. The number of aliphatic hydroxyl groups excluding tert-OH is 1. The van der Waals surface area contributed by atoms with Gasteiger partial charge in [-0.3, -0.25) is 4.79 Å². The lowest BCUT2D eigenvalue weighted by atomic mass is 9.52. The number of aromatic hydroxyl groups is 2. The average Bonchev–Trinajstić information content (AvgIpc) is 2.54. The van der Waals surface area contributed by atoms with E-state index in [0.29, 0.717) is 24.8 Å². The van der Waals surface area contributed by atoms with E-state index in [4.69, 9.17) is 0 Å². The number of carbonyl (C=O) groups excluding carboxylic acids is 1. The van der Waals surface area contributed by atoms with Gasteiger partial charge in [-0.15, -0.1) is 0 Å². The molecule has 1 aliphatic carbocycles. The molecule has 2 rings (SSSR count). The van der Waals surface area contributed by atoms with E-state index < -0.39 is 17.1 Å². The van der Waals surface area contributed by atoms with Gasteiger partial charge in [0.2, 0.25) is 0 Å². The van der Waals surface area contributed by atoms with E-state index in [-0.39, 0.29) is 36.0 Å². The summed E-state index contributed by atoms with van der Waals surface area (Å²) in [6.45, 7) is 7.49. The fourth-order valence-corrected chi connectivity index (χ4v) is 4.76. The minimum Gasteiger partial charge on any atom is -0.504 e. The second kappa shape index (κ2) is 6.96. The highest BCUT2D eigenvalue weighted by Crippen LogP contribution is 2.56. The minimum atomic E-state index is -1.58. The van der Waals surface area contributed by atoms with Crippen molar-refractivity contribution in [1.82, 2.24) is 0 Å². The summed E-state index contributed by atoms with van der Waals surface area (Å²) in [5, 5.41) is 43.2. The summed E-state index contributed by atoms with van der Waals surface area (Å²) in [6.07, 6.45) is 0.388. The third kappa shape index (κ3) is 2.83. The molecule has 0 heterocycles. The van der Waals surface area contributed by atoms with Gasteiger partial charge in [-0.25, -0.2) is 0 Å². The summed E-state index contributed by atoms with van der Waals surface area (Å²) < 4.78 is 0. The first-order valence-corrected chi connectivity index (χ1v) is 9.12. The van der Waals surface area contributed by atoms with Crippen molar-refractivity contribution in [2.45, 2.75) is 76.9 Å². The van der Waals surface area contributed by atoms with Gasteiger partial charge < -0.3 is 20.4 Å². The smallest absolute Gasteiger partial charge is 0.161 e. The number of ketones is 1. The Kier molecular flexibility index (Phi) is 5.50. The third-order valence-corrected chi connectivity index (χ3v) is 5.85. The number of hydrogen-bond acceptors (Lipinski definition) is 5. The van der Waals surface area contributed by atoms with Crippen LogP contribution < -0.4 is 0 Å². The number of Topliss-reactive ketones (excluding diaryl/α,β-unsaturated/α-hetero) is 1. The molecule has 0 aliphatic heterocycles. The van der Waals surface area contributed by atoms with Gasteiger partial charge in [0.1, 0.15) is 11.4 Å². The normalized spacial score (nSPS) is 30.0. The predicted octanol–water partition coefficient (Wildman–Crippen LogP) is 2.81. The van der Waals surface area contributed by atoms with E-state index >= 15 is 0 Å². The van der Waals surface area contributed by atoms with Crippen molar-refractivity contribution < 1.29 is 25.2 Å². The first-order valence-electron chi connectivity index (χ1n) is 9.12. The van der Waals surface area contributed by atoms with E-state index in [1.807, 2.05) is 27.7 Å². The highest BCUT2D eigenvalue weighted by molar-refractivity contribution is 5.83. The zero-order valence-electron chi connectivity index (χ0n) is 15.5. The number of carbonyl (C=O) groups is 1. The molecule has 0 radical (unpaired) electrons. The Balaban J connectivity index is 2.89. The topological polar surface area (TPSA) is 98.0 Å². The minimum absolute atomic E-state index is 0.0383. The van der Waals surface area contributed by atoms with E-state index in [0.717, 1.165) is 5.56 Å². The van der Waals surface area contributed by atoms with E-state index in [9.17, 15) is 25.2 Å². The molecule has 0 spiro atoms. The first-order chi connectivity index (χ1) is 11.7. The highest BCUT2D eigenvalue weighted by atomic mass is 16.3. The average molecular weight is 350 g/mol. The summed E-state index contributed by atoms with van der Waals surface area (Å²) in [6, 6.07) is 3.14. The Morgan fingerprint density at radius 1 is 1.24 bits per heavy atom. The lowest BCUT2D eigenvalue weighted by Gasteiger charge is -2.55. The van der Waals surface area contributed by atoms with Crippen molar-refractivity contribution in [2.75, 3.05) is 0 Å². The number of aryl methyl sites for hydroxylation is 1. The Hall–Kier alpha value is -1.59. The van der Waals surface area contributed by atoms with Gasteiger partial charge in [-0.05, 0) is 30.4 Å². The van der Waals surface area contributed by atoms with E-state index in [1.165, 1.54) is 6.07 Å². The molecule has 0 amide bonds. The van der Waals surface area contributed by atoms with Gasteiger partial charge in [0, 0.05) is 23.8 Å². The molecule has 1 aliphatic rings. The van der Waals surface area contributed by atoms with Crippen molar-refractivity contribution in [1.29, 1.82) is 0 Å². The van der Waals surface area contributed by atoms with Crippen LogP contribution in [0.15, 0.2) is 12.1 Å². The number of phenolic OH excluding ortho intramolecular Hbond substituents is 2. The molecule has 1 aromatic carbocycles. The summed E-state index contributed by atoms with van der Waals surface area (Å²) in [7, 11) is 0. The van der Waals surface area contributed by atoms with Crippen molar-refractivity contribution >= 4 is 5.78 Å². The number of aliphatic hydroxyl groups is 2. The molecule has 5 nitrogen and oxygen atoms in total. The summed E-state index contributed by atoms with van der Waals surface area (Å²) >= 11 is 0. The van der Waals surface area contributed by atoms with Crippen molar-refractivity contribution in [2.24, 2.45) is 5.92 Å². The molecular formula is C20H30O5. The van der Waals surface area contributed by atoms with Gasteiger partial charge in [0.25, 0.3) is 0 Å². The lowest BCUT2D eigenvalue weighted by molar-refractivity contribution is -0.184. The molecule has 140 valence electrons. The largest absolute Gasteiger partial charge is 0.504 e. The zero-order chi connectivity index (χ0) is 19.0. The lowest BCUT2D eigenvalue weighted by Crippen LogP contribution is -2.66. The maximum atomic E-state index is 12.4. The van der Waals surface area contributed by atoms with Crippen LogP contribution in [0.25, 0.3) is 0 Å².